The van der Waals surface area contributed by atoms with E-state index in [0.717, 1.165) is 24.3 Å². The molecule has 140 valence electrons. The van der Waals surface area contributed by atoms with Crippen molar-refractivity contribution in [3.05, 3.63) is 77.5 Å². The van der Waals surface area contributed by atoms with E-state index in [0.29, 0.717) is 28.1 Å². The average Bonchev–Trinajstić information content (AvgIpc) is 2.60. The van der Waals surface area contributed by atoms with E-state index in [1.165, 1.54) is 24.3 Å². The van der Waals surface area contributed by atoms with Gasteiger partial charge in [-0.1, -0.05) is 24.3 Å². The molecule has 0 aliphatic carbocycles. The van der Waals surface area contributed by atoms with Crippen LogP contribution in [-0.4, -0.2) is 4.98 Å². The van der Waals surface area contributed by atoms with Crippen LogP contribution in [0.4, 0.5) is 26.3 Å². The number of hydrogen-bond acceptors (Lipinski definition) is 1. The van der Waals surface area contributed by atoms with Crippen molar-refractivity contribution in [3.8, 4) is 22.4 Å². The summed E-state index contributed by atoms with van der Waals surface area (Å²) in [6.07, 6.45) is -8.85. The van der Waals surface area contributed by atoms with E-state index in [-0.39, 0.29) is 0 Å². The van der Waals surface area contributed by atoms with Gasteiger partial charge in [-0.3, -0.25) is 4.98 Å². The summed E-state index contributed by atoms with van der Waals surface area (Å²) >= 11 is 0. The van der Waals surface area contributed by atoms with E-state index in [4.69, 9.17) is 0 Å². The smallest absolute Gasteiger partial charge is 0.253 e. The molecule has 0 unspecified atom stereocenters. The zero-order valence-electron chi connectivity index (χ0n) is 14.0. The van der Waals surface area contributed by atoms with Crippen LogP contribution in [0, 0.1) is 6.92 Å². The van der Waals surface area contributed by atoms with Crippen molar-refractivity contribution < 1.29 is 26.3 Å². The molecule has 0 aliphatic rings. The highest BCUT2D eigenvalue weighted by Crippen LogP contribution is 2.33. The normalized spacial score (nSPS) is 12.3. The van der Waals surface area contributed by atoms with E-state index in [1.807, 2.05) is 0 Å². The SMILES string of the molecule is Cc1cc(-c2ccc(C(F)(F)F)cc2)cc(-c2ccc(C(F)(F)F)cc2)n1. The molecule has 0 fully saturated rings. The Bertz CT molecular complexity index is 862. The van der Waals surface area contributed by atoms with Gasteiger partial charge in [0, 0.05) is 11.3 Å². The van der Waals surface area contributed by atoms with Gasteiger partial charge in [-0.15, -0.1) is 0 Å². The van der Waals surface area contributed by atoms with Gasteiger partial charge in [0.2, 0.25) is 0 Å². The summed E-state index contributed by atoms with van der Waals surface area (Å²) in [5, 5.41) is 0. The lowest BCUT2D eigenvalue weighted by atomic mass is 10.0. The molecule has 0 saturated heterocycles. The van der Waals surface area contributed by atoms with Crippen LogP contribution >= 0.6 is 0 Å². The molecule has 3 rings (SSSR count). The summed E-state index contributed by atoms with van der Waals surface area (Å²) in [5.74, 6) is 0. The topological polar surface area (TPSA) is 12.9 Å². The third kappa shape index (κ3) is 4.30. The molecule has 27 heavy (non-hydrogen) atoms. The van der Waals surface area contributed by atoms with Crippen LogP contribution in [0.1, 0.15) is 16.8 Å². The van der Waals surface area contributed by atoms with Crippen LogP contribution in [0.3, 0.4) is 0 Å². The van der Waals surface area contributed by atoms with Crippen LogP contribution in [-0.2, 0) is 12.4 Å². The standard InChI is InChI=1S/C20H13F6N/c1-12-10-15(13-2-6-16(7-3-13)19(21,22)23)11-18(27-12)14-4-8-17(9-5-14)20(24,25)26/h2-11H,1H3. The first-order valence-electron chi connectivity index (χ1n) is 7.88. The van der Waals surface area contributed by atoms with Crippen molar-refractivity contribution in [2.24, 2.45) is 0 Å². The van der Waals surface area contributed by atoms with Gasteiger partial charge in [0.1, 0.15) is 0 Å². The van der Waals surface area contributed by atoms with Crippen LogP contribution in [0.25, 0.3) is 22.4 Å². The maximum Gasteiger partial charge on any atom is 0.416 e. The molecule has 0 bridgehead atoms. The Morgan fingerprint density at radius 1 is 0.593 bits per heavy atom. The number of halogens is 6. The van der Waals surface area contributed by atoms with Gasteiger partial charge in [0.25, 0.3) is 0 Å². The maximum atomic E-state index is 12.7. The van der Waals surface area contributed by atoms with Gasteiger partial charge in [-0.2, -0.15) is 26.3 Å². The lowest BCUT2D eigenvalue weighted by molar-refractivity contribution is -0.138. The largest absolute Gasteiger partial charge is 0.416 e. The molecule has 0 atom stereocenters. The van der Waals surface area contributed by atoms with E-state index in [1.54, 1.807) is 19.1 Å². The molecular weight excluding hydrogens is 368 g/mol. The van der Waals surface area contributed by atoms with Crippen molar-refractivity contribution in [2.75, 3.05) is 0 Å². The molecule has 0 N–H and O–H groups in total. The lowest BCUT2D eigenvalue weighted by Crippen LogP contribution is -2.04. The summed E-state index contributed by atoms with van der Waals surface area (Å²) in [7, 11) is 0. The van der Waals surface area contributed by atoms with E-state index in [9.17, 15) is 26.3 Å². The second-order valence-electron chi connectivity index (χ2n) is 6.03. The zero-order valence-corrected chi connectivity index (χ0v) is 14.0. The van der Waals surface area contributed by atoms with Crippen molar-refractivity contribution in [2.45, 2.75) is 19.3 Å². The second kappa shape index (κ2) is 6.72. The quantitative estimate of drug-likeness (QED) is 0.447. The fourth-order valence-corrected chi connectivity index (χ4v) is 2.66. The Labute approximate surface area is 151 Å². The van der Waals surface area contributed by atoms with Crippen LogP contribution in [0.5, 0.6) is 0 Å². The Morgan fingerprint density at radius 3 is 1.48 bits per heavy atom. The minimum absolute atomic E-state index is 0.443. The van der Waals surface area contributed by atoms with Gasteiger partial charge in [0.05, 0.1) is 16.8 Å². The summed E-state index contributed by atoms with van der Waals surface area (Å²) in [6, 6.07) is 12.6. The second-order valence-corrected chi connectivity index (χ2v) is 6.03. The van der Waals surface area contributed by atoms with Crippen molar-refractivity contribution in [1.82, 2.24) is 4.98 Å². The average molecular weight is 381 g/mol. The number of nitrogens with zero attached hydrogens (tertiary/aromatic N) is 1. The van der Waals surface area contributed by atoms with Gasteiger partial charge >= 0.3 is 12.4 Å². The summed E-state index contributed by atoms with van der Waals surface area (Å²) in [6.45, 7) is 1.71. The van der Waals surface area contributed by atoms with Crippen molar-refractivity contribution in [3.63, 3.8) is 0 Å². The minimum atomic E-state index is -4.43. The van der Waals surface area contributed by atoms with Gasteiger partial charge in [0.15, 0.2) is 0 Å². The molecule has 7 heteroatoms. The molecule has 0 amide bonds. The third-order valence-electron chi connectivity index (χ3n) is 4.01. The van der Waals surface area contributed by atoms with Gasteiger partial charge < -0.3 is 0 Å². The summed E-state index contributed by atoms with van der Waals surface area (Å²) < 4.78 is 76.2. The molecule has 3 aromatic rings. The molecule has 2 aromatic carbocycles. The number of benzene rings is 2. The van der Waals surface area contributed by atoms with Crippen LogP contribution in [0.2, 0.25) is 0 Å². The predicted molar refractivity (Wildman–Crippen MR) is 89.9 cm³/mol. The number of pyridine rings is 1. The number of rotatable bonds is 2. The third-order valence-corrected chi connectivity index (χ3v) is 4.01. The van der Waals surface area contributed by atoms with E-state index < -0.39 is 23.5 Å². The summed E-state index contributed by atoms with van der Waals surface area (Å²) in [4.78, 5) is 4.32. The number of aryl methyl sites for hydroxylation is 1. The zero-order chi connectivity index (χ0) is 19.8. The molecule has 0 spiro atoms. The van der Waals surface area contributed by atoms with Gasteiger partial charge in [-0.25, -0.2) is 0 Å². The Morgan fingerprint density at radius 2 is 1.04 bits per heavy atom. The molecule has 0 saturated carbocycles. The first-order valence-corrected chi connectivity index (χ1v) is 7.88. The van der Waals surface area contributed by atoms with Crippen molar-refractivity contribution in [1.29, 1.82) is 0 Å². The Hall–Kier alpha value is -2.83. The molecule has 1 aromatic heterocycles. The molecule has 0 radical (unpaired) electrons. The number of aromatic nitrogens is 1. The first kappa shape index (κ1) is 18.9. The van der Waals surface area contributed by atoms with E-state index >= 15 is 0 Å². The molecule has 1 heterocycles. The minimum Gasteiger partial charge on any atom is -0.253 e. The highest BCUT2D eigenvalue weighted by molar-refractivity contribution is 5.71. The Balaban J connectivity index is 1.97. The highest BCUT2D eigenvalue weighted by Gasteiger charge is 2.30. The van der Waals surface area contributed by atoms with Crippen molar-refractivity contribution >= 4 is 0 Å². The fraction of sp³-hybridized carbons (Fsp3) is 0.150. The number of hydrogen-bond donors (Lipinski definition) is 0. The lowest BCUT2D eigenvalue weighted by Gasteiger charge is -2.11. The summed E-state index contributed by atoms with van der Waals surface area (Å²) in [5.41, 5.74) is 1.20. The highest BCUT2D eigenvalue weighted by atomic mass is 19.4. The molecular formula is C20H13F6N. The monoisotopic (exact) mass is 381 g/mol. The first-order chi connectivity index (χ1) is 12.5. The van der Waals surface area contributed by atoms with E-state index in [2.05, 4.69) is 4.98 Å². The molecule has 0 aliphatic heterocycles. The van der Waals surface area contributed by atoms with Crippen LogP contribution < -0.4 is 0 Å². The van der Waals surface area contributed by atoms with Gasteiger partial charge in [-0.05, 0) is 54.4 Å². The maximum absolute atomic E-state index is 12.7. The number of alkyl halides is 6. The predicted octanol–water partition coefficient (Wildman–Crippen LogP) is 6.76. The Kier molecular flexibility index (Phi) is 4.71. The van der Waals surface area contributed by atoms with Crippen LogP contribution in [0.15, 0.2) is 60.7 Å². The fourth-order valence-electron chi connectivity index (χ4n) is 2.66. The molecule has 1 nitrogen and oxygen atoms in total.